The normalized spacial score (nSPS) is 10.7. The molecule has 3 heterocycles. The number of rotatable bonds is 4. The fourth-order valence-corrected chi connectivity index (χ4v) is 2.51. The maximum absolute atomic E-state index is 12.3. The molecule has 0 radical (unpaired) electrons. The van der Waals surface area contributed by atoms with Gasteiger partial charge in [0.2, 0.25) is 11.5 Å². The summed E-state index contributed by atoms with van der Waals surface area (Å²) < 4.78 is 10.4. The summed E-state index contributed by atoms with van der Waals surface area (Å²) in [5.74, 6) is -1.30. The Morgan fingerprint density at radius 2 is 2.30 bits per heavy atom. The maximum Gasteiger partial charge on any atom is 0.376 e. The van der Waals surface area contributed by atoms with Crippen molar-refractivity contribution in [2.75, 3.05) is 17.7 Å². The Morgan fingerprint density at radius 3 is 3.00 bits per heavy atom. The van der Waals surface area contributed by atoms with Crippen LogP contribution in [0.5, 0.6) is 0 Å². The van der Waals surface area contributed by atoms with Crippen LogP contribution in [0, 0.1) is 0 Å². The number of thiazole rings is 1. The number of nitrogens with two attached hydrogens (primary N) is 1. The lowest BCUT2D eigenvalue weighted by Gasteiger charge is -2.04. The monoisotopic (exact) mass is 332 g/mol. The third-order valence-electron chi connectivity index (χ3n) is 2.92. The lowest BCUT2D eigenvalue weighted by atomic mass is 10.2. The number of ether oxygens (including phenoxy) is 1. The Morgan fingerprint density at radius 1 is 1.48 bits per heavy atom. The molecule has 0 aliphatic carbocycles. The number of pyridine rings is 1. The van der Waals surface area contributed by atoms with Gasteiger partial charge in [0.1, 0.15) is 11.4 Å². The zero-order chi connectivity index (χ0) is 16.4. The van der Waals surface area contributed by atoms with Gasteiger partial charge in [-0.05, 0) is 19.1 Å². The van der Waals surface area contributed by atoms with Gasteiger partial charge in [-0.15, -0.1) is 11.3 Å². The number of esters is 1. The molecule has 0 spiro atoms. The minimum absolute atomic E-state index is 0.114. The lowest BCUT2D eigenvalue weighted by Crippen LogP contribution is -2.15. The van der Waals surface area contributed by atoms with E-state index in [1.807, 2.05) is 0 Å². The summed E-state index contributed by atoms with van der Waals surface area (Å²) in [6.45, 7) is 1.86. The Kier molecular flexibility index (Phi) is 3.94. The van der Waals surface area contributed by atoms with E-state index in [4.69, 9.17) is 14.9 Å². The number of aromatic nitrogens is 2. The number of anilines is 2. The van der Waals surface area contributed by atoms with Gasteiger partial charge in [-0.1, -0.05) is 0 Å². The van der Waals surface area contributed by atoms with E-state index in [0.717, 1.165) is 11.3 Å². The molecule has 3 aromatic heterocycles. The second-order valence-electron chi connectivity index (χ2n) is 4.41. The Labute approximate surface area is 134 Å². The number of hydrogen-bond donors (Lipinski definition) is 2. The molecule has 0 aliphatic rings. The number of carbonyl (C=O) groups excluding carboxylic acids is 2. The topological polar surface area (TPSA) is 120 Å². The van der Waals surface area contributed by atoms with E-state index >= 15 is 0 Å². The van der Waals surface area contributed by atoms with E-state index in [2.05, 4.69) is 15.3 Å². The summed E-state index contributed by atoms with van der Waals surface area (Å²) in [5.41, 5.74) is 6.10. The largest absolute Gasteiger partial charge is 0.460 e. The SMILES string of the molecule is CCOC(=O)c1oc2ncccc2c1NC(=O)c1csc(N)n1. The molecule has 1 amide bonds. The van der Waals surface area contributed by atoms with Crippen LogP contribution in [0.3, 0.4) is 0 Å². The molecular weight excluding hydrogens is 320 g/mol. The standard InChI is InChI=1S/C14H12N4O4S/c1-2-21-13(20)10-9(7-4-3-5-16-12(7)22-10)18-11(19)8-6-23-14(15)17-8/h3-6H,2H2,1H3,(H2,15,17)(H,18,19). The summed E-state index contributed by atoms with van der Waals surface area (Å²) in [5, 5.41) is 4.91. The molecule has 0 bridgehead atoms. The highest BCUT2D eigenvalue weighted by Crippen LogP contribution is 2.30. The summed E-state index contributed by atoms with van der Waals surface area (Å²) in [4.78, 5) is 32.2. The van der Waals surface area contributed by atoms with Gasteiger partial charge in [-0.3, -0.25) is 4.79 Å². The van der Waals surface area contributed by atoms with Crippen molar-refractivity contribution in [3.8, 4) is 0 Å². The van der Waals surface area contributed by atoms with Crippen molar-refractivity contribution in [2.45, 2.75) is 6.92 Å². The highest BCUT2D eigenvalue weighted by molar-refractivity contribution is 7.13. The molecule has 0 aromatic carbocycles. The minimum atomic E-state index is -0.682. The quantitative estimate of drug-likeness (QED) is 0.703. The van der Waals surface area contributed by atoms with Crippen LogP contribution < -0.4 is 11.1 Å². The van der Waals surface area contributed by atoms with Crippen molar-refractivity contribution in [2.24, 2.45) is 0 Å². The first-order valence-electron chi connectivity index (χ1n) is 6.67. The van der Waals surface area contributed by atoms with Crippen LogP contribution in [0.25, 0.3) is 11.1 Å². The molecular formula is C14H12N4O4S. The molecule has 0 fully saturated rings. The van der Waals surface area contributed by atoms with E-state index in [9.17, 15) is 9.59 Å². The van der Waals surface area contributed by atoms with Gasteiger partial charge in [0.05, 0.1) is 12.0 Å². The summed E-state index contributed by atoms with van der Waals surface area (Å²) in [6, 6.07) is 3.35. The van der Waals surface area contributed by atoms with Gasteiger partial charge in [0, 0.05) is 11.6 Å². The number of amides is 1. The Hall–Kier alpha value is -2.94. The molecule has 3 N–H and O–H groups in total. The lowest BCUT2D eigenvalue weighted by molar-refractivity contribution is 0.0494. The first kappa shape index (κ1) is 15.0. The van der Waals surface area contributed by atoms with Crippen LogP contribution in [-0.4, -0.2) is 28.5 Å². The Balaban J connectivity index is 2.02. The van der Waals surface area contributed by atoms with Gasteiger partial charge >= 0.3 is 5.97 Å². The fraction of sp³-hybridized carbons (Fsp3) is 0.143. The van der Waals surface area contributed by atoms with Crippen LogP contribution in [0.1, 0.15) is 28.0 Å². The summed E-state index contributed by atoms with van der Waals surface area (Å²) in [7, 11) is 0. The zero-order valence-corrected chi connectivity index (χ0v) is 12.8. The number of furan rings is 1. The van der Waals surface area contributed by atoms with E-state index in [0.29, 0.717) is 5.39 Å². The van der Waals surface area contributed by atoms with Crippen LogP contribution in [0.4, 0.5) is 10.8 Å². The molecule has 118 valence electrons. The second-order valence-corrected chi connectivity index (χ2v) is 5.30. The van der Waals surface area contributed by atoms with Crippen molar-refractivity contribution in [1.29, 1.82) is 0 Å². The Bertz CT molecular complexity index is 886. The van der Waals surface area contributed by atoms with Gasteiger partial charge in [0.15, 0.2) is 5.13 Å². The molecule has 23 heavy (non-hydrogen) atoms. The highest BCUT2D eigenvalue weighted by Gasteiger charge is 2.24. The summed E-state index contributed by atoms with van der Waals surface area (Å²) in [6.07, 6.45) is 1.52. The van der Waals surface area contributed by atoms with E-state index in [1.54, 1.807) is 19.1 Å². The van der Waals surface area contributed by atoms with Crippen LogP contribution in [0.2, 0.25) is 0 Å². The van der Waals surface area contributed by atoms with Crippen LogP contribution in [-0.2, 0) is 4.74 Å². The number of nitrogens with zero attached hydrogens (tertiary/aromatic N) is 2. The fourth-order valence-electron chi connectivity index (χ4n) is 1.97. The van der Waals surface area contributed by atoms with Gasteiger partial charge < -0.3 is 20.2 Å². The first-order valence-corrected chi connectivity index (χ1v) is 7.55. The smallest absolute Gasteiger partial charge is 0.376 e. The second kappa shape index (κ2) is 6.05. The number of carbonyl (C=O) groups is 2. The van der Waals surface area contributed by atoms with Crippen molar-refractivity contribution >= 4 is 45.1 Å². The number of nitrogen functional groups attached to an aromatic ring is 1. The van der Waals surface area contributed by atoms with Crippen molar-refractivity contribution in [1.82, 2.24) is 9.97 Å². The molecule has 0 unspecified atom stereocenters. The van der Waals surface area contributed by atoms with Crippen molar-refractivity contribution in [3.05, 3.63) is 35.2 Å². The van der Waals surface area contributed by atoms with Crippen LogP contribution >= 0.6 is 11.3 Å². The number of hydrogen-bond acceptors (Lipinski definition) is 8. The average molecular weight is 332 g/mol. The molecule has 8 nitrogen and oxygen atoms in total. The van der Waals surface area contributed by atoms with E-state index < -0.39 is 11.9 Å². The maximum atomic E-state index is 12.3. The van der Waals surface area contributed by atoms with E-state index in [1.165, 1.54) is 11.6 Å². The molecule has 3 aromatic rings. The zero-order valence-electron chi connectivity index (χ0n) is 12.0. The first-order chi connectivity index (χ1) is 11.1. The average Bonchev–Trinajstić information content (AvgIpc) is 3.12. The number of fused-ring (bicyclic) bond motifs is 1. The third kappa shape index (κ3) is 2.86. The molecule has 9 heteroatoms. The van der Waals surface area contributed by atoms with Crippen molar-refractivity contribution in [3.63, 3.8) is 0 Å². The van der Waals surface area contributed by atoms with Crippen molar-refractivity contribution < 1.29 is 18.7 Å². The molecule has 0 aliphatic heterocycles. The van der Waals surface area contributed by atoms with Gasteiger partial charge in [-0.25, -0.2) is 14.8 Å². The predicted octanol–water partition coefficient (Wildman–Crippen LogP) is 2.30. The third-order valence-corrected chi connectivity index (χ3v) is 3.59. The van der Waals surface area contributed by atoms with Gasteiger partial charge in [-0.2, -0.15) is 0 Å². The van der Waals surface area contributed by atoms with E-state index in [-0.39, 0.29) is 34.6 Å². The summed E-state index contributed by atoms with van der Waals surface area (Å²) >= 11 is 1.15. The molecule has 3 rings (SSSR count). The minimum Gasteiger partial charge on any atom is -0.460 e. The molecule has 0 saturated carbocycles. The van der Waals surface area contributed by atoms with Crippen LogP contribution in [0.15, 0.2) is 28.1 Å². The number of nitrogens with one attached hydrogen (secondary N) is 1. The van der Waals surface area contributed by atoms with Gasteiger partial charge in [0.25, 0.3) is 5.91 Å². The predicted molar refractivity (Wildman–Crippen MR) is 84.4 cm³/mol. The molecule has 0 saturated heterocycles. The molecule has 0 atom stereocenters. The highest BCUT2D eigenvalue weighted by atomic mass is 32.1.